The molecule has 30 heavy (non-hydrogen) atoms. The molecule has 3 N–H and O–H groups in total. The van der Waals surface area contributed by atoms with Crippen molar-refractivity contribution in [2.75, 3.05) is 25.6 Å². The summed E-state index contributed by atoms with van der Waals surface area (Å²) in [5.74, 6) is 0.779. The van der Waals surface area contributed by atoms with Crippen molar-refractivity contribution in [1.29, 1.82) is 10.8 Å². The molecule has 2 heterocycles. The van der Waals surface area contributed by atoms with Gasteiger partial charge in [0.1, 0.15) is 18.0 Å². The number of hydrogen-bond acceptors (Lipinski definition) is 7. The Morgan fingerprint density at radius 2 is 2.10 bits per heavy atom. The Morgan fingerprint density at radius 3 is 2.80 bits per heavy atom. The van der Waals surface area contributed by atoms with E-state index in [4.69, 9.17) is 25.0 Å². The number of ether oxygens (including phenoxy) is 3. The van der Waals surface area contributed by atoms with E-state index in [1.807, 2.05) is 13.8 Å². The Kier molecular flexibility index (Phi) is 6.63. The lowest BCUT2D eigenvalue weighted by atomic mass is 10.2. The van der Waals surface area contributed by atoms with Crippen LogP contribution in [0.2, 0.25) is 0 Å². The first-order valence-corrected chi connectivity index (χ1v) is 9.51. The topological polar surface area (TPSA) is 121 Å². The number of nitrogens with zero attached hydrogens (tertiary/aromatic N) is 2. The Balaban J connectivity index is 1.73. The molecule has 1 amide bonds. The Bertz CT molecular complexity index is 947. The van der Waals surface area contributed by atoms with Crippen LogP contribution >= 0.6 is 0 Å². The number of rotatable bonds is 7. The summed E-state index contributed by atoms with van der Waals surface area (Å²) in [6.07, 6.45) is 0.907. The fraction of sp³-hybridized carbons (Fsp3) is 0.333. The molecule has 1 aromatic heterocycles. The van der Waals surface area contributed by atoms with Crippen molar-refractivity contribution >= 4 is 23.8 Å². The van der Waals surface area contributed by atoms with E-state index in [2.05, 4.69) is 10.3 Å². The van der Waals surface area contributed by atoms with Gasteiger partial charge in [-0.25, -0.2) is 4.98 Å². The molecule has 1 unspecified atom stereocenters. The minimum atomic E-state index is -0.412. The number of nitrogens with one attached hydrogen (secondary N) is 3. The third-order valence-electron chi connectivity index (χ3n) is 4.45. The van der Waals surface area contributed by atoms with Crippen LogP contribution in [0.25, 0.3) is 0 Å². The SMILES string of the molecule is COCC1COc2cc(NC(=O)c3cccc(C(=N)N(C=N)C(C)C)n3)ccc2O1. The van der Waals surface area contributed by atoms with Gasteiger partial charge >= 0.3 is 0 Å². The van der Waals surface area contributed by atoms with Crippen molar-refractivity contribution in [1.82, 2.24) is 9.88 Å². The highest BCUT2D eigenvalue weighted by molar-refractivity contribution is 6.05. The molecule has 1 aromatic carbocycles. The van der Waals surface area contributed by atoms with Gasteiger partial charge in [0.05, 0.1) is 12.9 Å². The largest absolute Gasteiger partial charge is 0.486 e. The van der Waals surface area contributed by atoms with Gasteiger partial charge in [0.25, 0.3) is 5.91 Å². The van der Waals surface area contributed by atoms with Gasteiger partial charge in [0.2, 0.25) is 0 Å². The molecule has 1 aliphatic rings. The molecule has 0 saturated heterocycles. The number of amides is 1. The summed E-state index contributed by atoms with van der Waals surface area (Å²) in [7, 11) is 1.60. The predicted molar refractivity (Wildman–Crippen MR) is 113 cm³/mol. The number of anilines is 1. The van der Waals surface area contributed by atoms with Crippen molar-refractivity contribution in [3.05, 3.63) is 47.8 Å². The molecule has 0 bridgehead atoms. The van der Waals surface area contributed by atoms with E-state index >= 15 is 0 Å². The van der Waals surface area contributed by atoms with Crippen LogP contribution < -0.4 is 14.8 Å². The van der Waals surface area contributed by atoms with Crippen LogP contribution in [-0.2, 0) is 4.74 Å². The smallest absolute Gasteiger partial charge is 0.274 e. The van der Waals surface area contributed by atoms with Gasteiger partial charge in [-0.1, -0.05) is 6.07 Å². The van der Waals surface area contributed by atoms with Crippen LogP contribution in [-0.4, -0.2) is 60.4 Å². The minimum Gasteiger partial charge on any atom is -0.486 e. The van der Waals surface area contributed by atoms with Gasteiger partial charge in [0.15, 0.2) is 23.4 Å². The number of amidine groups is 1. The average molecular weight is 411 g/mol. The molecular weight excluding hydrogens is 386 g/mol. The van der Waals surface area contributed by atoms with Crippen molar-refractivity contribution in [3.63, 3.8) is 0 Å². The third kappa shape index (κ3) is 4.74. The fourth-order valence-electron chi connectivity index (χ4n) is 2.95. The number of aromatic nitrogens is 1. The molecular formula is C21H25N5O4. The van der Waals surface area contributed by atoms with Crippen molar-refractivity contribution in [2.24, 2.45) is 0 Å². The number of hydrogen-bond donors (Lipinski definition) is 3. The summed E-state index contributed by atoms with van der Waals surface area (Å²) in [6.45, 7) is 4.54. The number of pyridine rings is 1. The van der Waals surface area contributed by atoms with Crippen molar-refractivity contribution < 1.29 is 19.0 Å². The first kappa shape index (κ1) is 21.3. The highest BCUT2D eigenvalue weighted by Crippen LogP contribution is 2.34. The van der Waals surface area contributed by atoms with Gasteiger partial charge < -0.3 is 24.4 Å². The highest BCUT2D eigenvalue weighted by atomic mass is 16.6. The van der Waals surface area contributed by atoms with Crippen LogP contribution in [0.15, 0.2) is 36.4 Å². The second kappa shape index (κ2) is 9.36. The number of methoxy groups -OCH3 is 1. The molecule has 158 valence electrons. The molecule has 9 nitrogen and oxygen atoms in total. The average Bonchev–Trinajstić information content (AvgIpc) is 2.74. The molecule has 1 aliphatic heterocycles. The lowest BCUT2D eigenvalue weighted by molar-refractivity contribution is 0.0272. The summed E-state index contributed by atoms with van der Waals surface area (Å²) in [5, 5.41) is 18.5. The molecule has 2 aromatic rings. The predicted octanol–water partition coefficient (Wildman–Crippen LogP) is 2.76. The minimum absolute atomic E-state index is 0.0552. The molecule has 3 rings (SSSR count). The maximum Gasteiger partial charge on any atom is 0.274 e. The Labute approximate surface area is 175 Å². The highest BCUT2D eigenvalue weighted by Gasteiger charge is 2.22. The van der Waals surface area contributed by atoms with E-state index in [1.54, 1.807) is 43.5 Å². The first-order valence-electron chi connectivity index (χ1n) is 9.51. The summed E-state index contributed by atoms with van der Waals surface area (Å²) in [6, 6.07) is 9.94. The normalized spacial score (nSPS) is 14.9. The van der Waals surface area contributed by atoms with Crippen LogP contribution in [0.3, 0.4) is 0 Å². The monoisotopic (exact) mass is 411 g/mol. The van der Waals surface area contributed by atoms with E-state index in [-0.39, 0.29) is 23.7 Å². The zero-order valence-electron chi connectivity index (χ0n) is 17.1. The molecule has 0 fully saturated rings. The second-order valence-electron chi connectivity index (χ2n) is 7.01. The lowest BCUT2D eigenvalue weighted by Crippen LogP contribution is -2.36. The molecule has 9 heteroatoms. The Hall–Kier alpha value is -3.46. The quantitative estimate of drug-likeness (QED) is 0.476. The molecule has 0 aliphatic carbocycles. The number of carbonyl (C=O) groups excluding carboxylic acids is 1. The summed E-state index contributed by atoms with van der Waals surface area (Å²) in [5.41, 5.74) is 1.02. The summed E-state index contributed by atoms with van der Waals surface area (Å²) in [4.78, 5) is 18.4. The second-order valence-corrected chi connectivity index (χ2v) is 7.01. The summed E-state index contributed by atoms with van der Waals surface area (Å²) < 4.78 is 16.6. The van der Waals surface area contributed by atoms with E-state index in [9.17, 15) is 4.79 Å². The van der Waals surface area contributed by atoms with Gasteiger partial charge in [0, 0.05) is 24.9 Å². The van der Waals surface area contributed by atoms with Crippen LogP contribution in [0.4, 0.5) is 5.69 Å². The van der Waals surface area contributed by atoms with Gasteiger partial charge in [-0.05, 0) is 38.1 Å². The summed E-state index contributed by atoms with van der Waals surface area (Å²) >= 11 is 0. The zero-order chi connectivity index (χ0) is 21.7. The molecule has 0 saturated carbocycles. The van der Waals surface area contributed by atoms with E-state index in [0.717, 1.165) is 6.34 Å². The fourth-order valence-corrected chi connectivity index (χ4v) is 2.95. The van der Waals surface area contributed by atoms with Crippen molar-refractivity contribution in [2.45, 2.75) is 26.0 Å². The lowest BCUT2D eigenvalue weighted by Gasteiger charge is -2.26. The number of carbonyl (C=O) groups is 1. The van der Waals surface area contributed by atoms with Crippen molar-refractivity contribution in [3.8, 4) is 11.5 Å². The number of fused-ring (bicyclic) bond motifs is 1. The Morgan fingerprint density at radius 1 is 1.33 bits per heavy atom. The van der Waals surface area contributed by atoms with Crippen LogP contribution in [0, 0.1) is 10.8 Å². The van der Waals surface area contributed by atoms with Gasteiger partial charge in [-0.15, -0.1) is 0 Å². The van der Waals surface area contributed by atoms with E-state index < -0.39 is 5.91 Å². The van der Waals surface area contributed by atoms with Gasteiger partial charge in [-0.3, -0.25) is 15.6 Å². The maximum absolute atomic E-state index is 12.7. The third-order valence-corrected chi connectivity index (χ3v) is 4.45. The van der Waals surface area contributed by atoms with E-state index in [0.29, 0.717) is 36.1 Å². The zero-order valence-corrected chi connectivity index (χ0v) is 17.1. The first-order chi connectivity index (χ1) is 14.4. The maximum atomic E-state index is 12.7. The van der Waals surface area contributed by atoms with Crippen LogP contribution in [0.5, 0.6) is 11.5 Å². The molecule has 0 spiro atoms. The number of benzene rings is 1. The van der Waals surface area contributed by atoms with E-state index in [1.165, 1.54) is 4.90 Å². The molecule has 1 atom stereocenters. The van der Waals surface area contributed by atoms with Gasteiger partial charge in [-0.2, -0.15) is 0 Å². The standard InChI is InChI=1S/C21H25N5O4/c1-13(2)26(12-22)20(23)16-5-4-6-17(25-16)21(27)24-14-7-8-18-19(9-14)29-11-15(30-18)10-28-3/h4-9,12-13,15,22-23H,10-11H2,1-3H3,(H,24,27). The molecule has 0 radical (unpaired) electrons. The van der Waals surface area contributed by atoms with Crippen LogP contribution in [0.1, 0.15) is 30.0 Å².